The van der Waals surface area contributed by atoms with Crippen LogP contribution in [-0.4, -0.2) is 52.1 Å². The van der Waals surface area contributed by atoms with Crippen LogP contribution in [-0.2, 0) is 10.2 Å². The first-order valence-electron chi connectivity index (χ1n) is 11.8. The van der Waals surface area contributed by atoms with Gasteiger partial charge in [-0.15, -0.1) is 11.3 Å². The van der Waals surface area contributed by atoms with Crippen LogP contribution >= 0.6 is 11.3 Å². The monoisotopic (exact) mass is 544 g/mol. The number of aliphatic hydroxyl groups is 1. The molecular weight excluding hydrogens is 521 g/mol. The number of benzene rings is 2. The molecule has 1 atom stereocenters. The van der Waals surface area contributed by atoms with E-state index < -0.39 is 18.2 Å². The van der Waals surface area contributed by atoms with Gasteiger partial charge in [0, 0.05) is 47.2 Å². The molecule has 1 unspecified atom stereocenters. The third kappa shape index (κ3) is 5.47. The molecule has 4 aromatic rings. The summed E-state index contributed by atoms with van der Waals surface area (Å²) in [6.45, 7) is 1.44. The molecule has 1 aliphatic heterocycles. The van der Waals surface area contributed by atoms with E-state index in [4.69, 9.17) is 9.72 Å². The number of ether oxygens (including phenoxy) is 1. The molecule has 2 aromatic heterocycles. The van der Waals surface area contributed by atoms with E-state index in [9.17, 15) is 23.1 Å². The summed E-state index contributed by atoms with van der Waals surface area (Å²) in [5.74, 6) is -1.51. The highest BCUT2D eigenvalue weighted by Gasteiger charge is 2.43. The van der Waals surface area contributed by atoms with Gasteiger partial charge in [-0.1, -0.05) is 47.6 Å². The maximum atomic E-state index is 13.1. The van der Waals surface area contributed by atoms with Crippen molar-refractivity contribution in [2.24, 2.45) is 0 Å². The Balaban J connectivity index is 1.32. The van der Waals surface area contributed by atoms with Crippen molar-refractivity contribution in [1.29, 1.82) is 0 Å². The van der Waals surface area contributed by atoms with E-state index in [-0.39, 0.29) is 28.3 Å². The predicted octanol–water partition coefficient (Wildman–Crippen LogP) is 4.93. The van der Waals surface area contributed by atoms with Crippen molar-refractivity contribution in [3.63, 3.8) is 0 Å². The molecule has 1 amide bonds. The molecule has 2 N–H and O–H groups in total. The first kappa shape index (κ1) is 26.0. The van der Waals surface area contributed by atoms with Crippen molar-refractivity contribution in [2.45, 2.75) is 30.5 Å². The van der Waals surface area contributed by atoms with Crippen LogP contribution in [0.3, 0.4) is 0 Å². The summed E-state index contributed by atoms with van der Waals surface area (Å²) < 4.78 is 48.4. The van der Waals surface area contributed by atoms with Gasteiger partial charge in [0.1, 0.15) is 5.01 Å². The molecule has 1 aliphatic rings. The number of thiazole rings is 1. The van der Waals surface area contributed by atoms with Gasteiger partial charge in [0.15, 0.2) is 0 Å². The average molecular weight is 545 g/mol. The second-order valence-electron chi connectivity index (χ2n) is 8.96. The van der Waals surface area contributed by atoms with E-state index >= 15 is 0 Å². The highest BCUT2D eigenvalue weighted by Crippen LogP contribution is 2.38. The lowest BCUT2D eigenvalue weighted by Gasteiger charge is -2.35. The number of amides is 1. The zero-order valence-corrected chi connectivity index (χ0v) is 20.8. The van der Waals surface area contributed by atoms with E-state index in [1.165, 1.54) is 12.1 Å². The van der Waals surface area contributed by atoms with Crippen molar-refractivity contribution in [2.75, 3.05) is 19.8 Å². The first-order valence-corrected chi connectivity index (χ1v) is 12.7. The lowest BCUT2D eigenvalue weighted by Crippen LogP contribution is -2.44. The lowest BCUT2D eigenvalue weighted by atomic mass is 9.80. The van der Waals surface area contributed by atoms with E-state index in [1.54, 1.807) is 23.5 Å². The van der Waals surface area contributed by atoms with Crippen molar-refractivity contribution < 1.29 is 32.3 Å². The molecule has 5 rings (SSSR count). The number of carbonyl (C=O) groups excluding carboxylic acids is 1. The summed E-state index contributed by atoms with van der Waals surface area (Å²) in [4.78, 5) is 21.6. The largest absolute Gasteiger partial charge is 0.423 e. The Morgan fingerprint density at radius 3 is 2.55 bits per heavy atom. The minimum absolute atomic E-state index is 0.171. The Bertz CT molecular complexity index is 1400. The number of alkyl halides is 3. The van der Waals surface area contributed by atoms with Gasteiger partial charge in [-0.2, -0.15) is 18.2 Å². The van der Waals surface area contributed by atoms with Gasteiger partial charge in [0.25, 0.3) is 11.8 Å². The van der Waals surface area contributed by atoms with Crippen LogP contribution in [0.25, 0.3) is 22.6 Å². The van der Waals surface area contributed by atoms with E-state index in [1.807, 2.05) is 35.7 Å². The summed E-state index contributed by atoms with van der Waals surface area (Å²) >= 11 is 1.56. The number of nitrogens with zero attached hydrogens (tertiary/aromatic N) is 3. The topological polar surface area (TPSA) is 110 Å². The molecule has 0 radical (unpaired) electrons. The standard InChI is InChI=1S/C26H23F3N4O4S/c27-26(28,29)20(34)23-32-21(33-37-23)17-7-4-8-18(13-17)22(35)30-15-25(9-11-36-12-10-25)24-31-19(14-38-24)16-5-2-1-3-6-16/h1-8,13-14,20,34H,9-12,15H2,(H,30,35). The third-order valence-corrected chi connectivity index (χ3v) is 7.52. The fourth-order valence-corrected chi connectivity index (χ4v) is 5.33. The van der Waals surface area contributed by atoms with E-state index in [0.717, 1.165) is 16.3 Å². The van der Waals surface area contributed by atoms with Crippen LogP contribution in [0, 0.1) is 0 Å². The Hall–Kier alpha value is -3.61. The molecule has 0 bridgehead atoms. The molecule has 1 saturated heterocycles. The highest BCUT2D eigenvalue weighted by molar-refractivity contribution is 7.10. The molecular formula is C26H23F3N4O4S. The minimum Gasteiger partial charge on any atom is -0.381 e. The second kappa shape index (κ2) is 10.6. The summed E-state index contributed by atoms with van der Waals surface area (Å²) in [7, 11) is 0. The first-order chi connectivity index (χ1) is 18.2. The zero-order chi connectivity index (χ0) is 26.8. The maximum absolute atomic E-state index is 13.1. The molecule has 38 heavy (non-hydrogen) atoms. The molecule has 198 valence electrons. The number of hydrogen-bond donors (Lipinski definition) is 2. The van der Waals surface area contributed by atoms with E-state index in [0.29, 0.717) is 32.6 Å². The molecule has 12 heteroatoms. The Morgan fingerprint density at radius 1 is 1.08 bits per heavy atom. The molecule has 8 nitrogen and oxygen atoms in total. The van der Waals surface area contributed by atoms with Crippen LogP contribution in [0.5, 0.6) is 0 Å². The lowest BCUT2D eigenvalue weighted by molar-refractivity contribution is -0.213. The SMILES string of the molecule is O=C(NCC1(c2nc(-c3ccccc3)cs2)CCOCC1)c1cccc(-c2noc(C(O)C(F)(F)F)n2)c1. The van der Waals surface area contributed by atoms with Crippen molar-refractivity contribution in [3.8, 4) is 22.6 Å². The molecule has 0 spiro atoms. The Kier molecular flexibility index (Phi) is 7.28. The zero-order valence-electron chi connectivity index (χ0n) is 19.9. The number of rotatable bonds is 7. The summed E-state index contributed by atoms with van der Waals surface area (Å²) in [5.41, 5.74) is 2.06. The molecule has 0 saturated carbocycles. The molecule has 3 heterocycles. The van der Waals surface area contributed by atoms with Crippen molar-refractivity contribution in [1.82, 2.24) is 20.4 Å². The number of halogens is 3. The van der Waals surface area contributed by atoms with E-state index in [2.05, 4.69) is 20.0 Å². The third-order valence-electron chi connectivity index (χ3n) is 6.43. The number of nitrogens with one attached hydrogen (secondary N) is 1. The fourth-order valence-electron chi connectivity index (χ4n) is 4.24. The number of aromatic nitrogens is 3. The van der Waals surface area contributed by atoms with Crippen LogP contribution in [0.15, 0.2) is 64.5 Å². The maximum Gasteiger partial charge on any atom is 0.423 e. The Labute approximate surface area is 219 Å². The van der Waals surface area contributed by atoms with Crippen LogP contribution < -0.4 is 5.32 Å². The number of aliphatic hydroxyl groups excluding tert-OH is 1. The second-order valence-corrected chi connectivity index (χ2v) is 9.82. The van der Waals surface area contributed by atoms with Gasteiger partial charge >= 0.3 is 6.18 Å². The van der Waals surface area contributed by atoms with Gasteiger partial charge in [-0.3, -0.25) is 4.79 Å². The van der Waals surface area contributed by atoms with Gasteiger partial charge in [0.05, 0.1) is 5.69 Å². The van der Waals surface area contributed by atoms with Gasteiger partial charge < -0.3 is 19.7 Å². The van der Waals surface area contributed by atoms with Gasteiger partial charge in [-0.25, -0.2) is 4.98 Å². The summed E-state index contributed by atoms with van der Waals surface area (Å²) in [6.07, 6.45) is -6.44. The molecule has 0 aliphatic carbocycles. The Morgan fingerprint density at radius 2 is 1.82 bits per heavy atom. The minimum atomic E-state index is -4.94. The number of hydrogen-bond acceptors (Lipinski definition) is 8. The fraction of sp³-hybridized carbons (Fsp3) is 0.308. The summed E-state index contributed by atoms with van der Waals surface area (Å²) in [5, 5.41) is 18.8. The summed E-state index contributed by atoms with van der Waals surface area (Å²) in [6, 6.07) is 16.0. The van der Waals surface area contributed by atoms with Crippen molar-refractivity contribution in [3.05, 3.63) is 76.4 Å². The quantitative estimate of drug-likeness (QED) is 0.339. The highest BCUT2D eigenvalue weighted by atomic mass is 32.1. The smallest absolute Gasteiger partial charge is 0.381 e. The molecule has 2 aromatic carbocycles. The van der Waals surface area contributed by atoms with Gasteiger partial charge in [-0.05, 0) is 25.0 Å². The van der Waals surface area contributed by atoms with Crippen LogP contribution in [0.4, 0.5) is 13.2 Å². The number of carbonyl (C=O) groups is 1. The van der Waals surface area contributed by atoms with Crippen LogP contribution in [0.2, 0.25) is 0 Å². The van der Waals surface area contributed by atoms with Crippen LogP contribution in [0.1, 0.15) is 40.2 Å². The van der Waals surface area contributed by atoms with Crippen molar-refractivity contribution >= 4 is 17.2 Å². The molecule has 1 fully saturated rings. The average Bonchev–Trinajstić information content (AvgIpc) is 3.63. The normalized spacial score (nSPS) is 16.2. The van der Waals surface area contributed by atoms with Gasteiger partial charge in [0.2, 0.25) is 11.9 Å². The predicted molar refractivity (Wildman–Crippen MR) is 132 cm³/mol.